The van der Waals surface area contributed by atoms with Crippen molar-refractivity contribution in [1.82, 2.24) is 0 Å². The Kier molecular flexibility index (Phi) is 10.8. The van der Waals surface area contributed by atoms with Crippen molar-refractivity contribution < 1.29 is 50.7 Å². The van der Waals surface area contributed by atoms with Crippen LogP contribution in [0.5, 0.6) is 0 Å². The molecule has 0 unspecified atom stereocenters. The quantitative estimate of drug-likeness (QED) is 0.285. The maximum Gasteiger partial charge on any atom is 4.00 e. The van der Waals surface area contributed by atoms with Crippen LogP contribution in [0.3, 0.4) is 0 Å². The Hall–Kier alpha value is -0.150. The van der Waals surface area contributed by atoms with Crippen molar-refractivity contribution in [3.8, 4) is 11.1 Å². The number of rotatable bonds is 0. The molecule has 2 aromatic rings. The van der Waals surface area contributed by atoms with E-state index in [2.05, 4.69) is 42.5 Å². The van der Waals surface area contributed by atoms with Crippen LogP contribution in [-0.4, -0.2) is 5.54 Å². The van der Waals surface area contributed by atoms with Crippen LogP contribution in [0.15, 0.2) is 42.5 Å². The Bertz CT molecular complexity index is 501. The largest absolute Gasteiger partial charge is 4.00 e. The monoisotopic (exact) mass is 487 g/mol. The zero-order chi connectivity index (χ0) is 13.2. The molecule has 4 heteroatoms. The van der Waals surface area contributed by atoms with E-state index >= 15 is 0 Å². The summed E-state index contributed by atoms with van der Waals surface area (Å²) in [4.78, 5) is 0. The molecule has 2 aromatic carbocycles. The number of nitrogens with one attached hydrogen (secondary N) is 1. The van der Waals surface area contributed by atoms with Crippen molar-refractivity contribution >= 4 is 0 Å². The fourth-order valence-electron chi connectivity index (χ4n) is 2.00. The van der Waals surface area contributed by atoms with E-state index in [4.69, 9.17) is 5.73 Å². The summed E-state index contributed by atoms with van der Waals surface area (Å²) in [5.41, 5.74) is 12.2. The van der Waals surface area contributed by atoms with Gasteiger partial charge in [0.2, 0.25) is 0 Å². The SMILES string of the molecule is CC(C)(C)[NH-].[Cl-].[Cl-].[Hf+4].[c-]1cccc2c1Cc1ccccc1-2. The first-order valence-electron chi connectivity index (χ1n) is 6.28. The third kappa shape index (κ3) is 7.10. The molecular formula is C17H19Cl2HfN. The molecule has 0 aromatic heterocycles. The van der Waals surface area contributed by atoms with Crippen LogP contribution < -0.4 is 24.8 Å². The Morgan fingerprint density at radius 3 is 2.10 bits per heavy atom. The summed E-state index contributed by atoms with van der Waals surface area (Å²) in [6.07, 6.45) is 1.05. The standard InChI is InChI=1S/C13H9.C4H10N.2ClH.Hf/c1-3-7-12-10(5-1)9-11-6-2-4-8-13(11)12;1-4(2,3)5;;;/h1-5,7-8H,9H2;5H,1-3H3;2*1H;/q2*-1;;;+4/p-2. The molecule has 0 bridgehead atoms. The minimum Gasteiger partial charge on any atom is -1.00 e. The minimum absolute atomic E-state index is 0. The van der Waals surface area contributed by atoms with E-state index in [1.165, 1.54) is 22.3 Å². The van der Waals surface area contributed by atoms with E-state index in [1.807, 2.05) is 26.8 Å². The fourth-order valence-corrected chi connectivity index (χ4v) is 2.00. The van der Waals surface area contributed by atoms with Gasteiger partial charge in [-0.2, -0.15) is 29.8 Å². The molecule has 0 fully saturated rings. The second-order valence-electron chi connectivity index (χ2n) is 5.65. The van der Waals surface area contributed by atoms with Gasteiger partial charge < -0.3 is 30.5 Å². The summed E-state index contributed by atoms with van der Waals surface area (Å²) in [6, 6.07) is 18.1. The average molecular weight is 487 g/mol. The van der Waals surface area contributed by atoms with Crippen molar-refractivity contribution in [1.29, 1.82) is 0 Å². The van der Waals surface area contributed by atoms with E-state index in [0.29, 0.717) is 0 Å². The molecule has 1 aliphatic rings. The van der Waals surface area contributed by atoms with Gasteiger partial charge in [-0.3, -0.25) is 0 Å². The number of hydrogen-bond acceptors (Lipinski definition) is 0. The second-order valence-corrected chi connectivity index (χ2v) is 5.65. The number of benzene rings is 2. The zero-order valence-corrected chi connectivity index (χ0v) is 17.6. The van der Waals surface area contributed by atoms with Crippen molar-refractivity contribution in [2.24, 2.45) is 0 Å². The van der Waals surface area contributed by atoms with Gasteiger partial charge in [-0.05, 0) is 6.42 Å². The van der Waals surface area contributed by atoms with Gasteiger partial charge in [0.25, 0.3) is 0 Å². The van der Waals surface area contributed by atoms with Gasteiger partial charge in [-0.1, -0.05) is 56.2 Å². The maximum atomic E-state index is 6.94. The molecule has 1 N–H and O–H groups in total. The molecule has 0 aliphatic heterocycles. The Morgan fingerprint density at radius 2 is 1.48 bits per heavy atom. The molecule has 1 aliphatic carbocycles. The van der Waals surface area contributed by atoms with Gasteiger partial charge >= 0.3 is 25.8 Å². The number of hydrogen-bond donors (Lipinski definition) is 0. The molecule has 3 rings (SSSR count). The summed E-state index contributed by atoms with van der Waals surface area (Å²) < 4.78 is 0. The summed E-state index contributed by atoms with van der Waals surface area (Å²) in [5.74, 6) is 0. The molecule has 0 heterocycles. The molecule has 0 radical (unpaired) electrons. The summed E-state index contributed by atoms with van der Waals surface area (Å²) in [7, 11) is 0. The first kappa shape index (κ1) is 23.1. The predicted molar refractivity (Wildman–Crippen MR) is 77.6 cm³/mol. The van der Waals surface area contributed by atoms with Gasteiger partial charge in [-0.25, -0.2) is 0 Å². The molecule has 110 valence electrons. The van der Waals surface area contributed by atoms with Crippen molar-refractivity contribution in [2.45, 2.75) is 32.7 Å². The molecule has 21 heavy (non-hydrogen) atoms. The topological polar surface area (TPSA) is 23.8 Å². The third-order valence-electron chi connectivity index (χ3n) is 2.62. The summed E-state index contributed by atoms with van der Waals surface area (Å²) >= 11 is 0. The minimum atomic E-state index is -0.250. The van der Waals surface area contributed by atoms with Crippen LogP contribution in [-0.2, 0) is 32.3 Å². The van der Waals surface area contributed by atoms with Gasteiger partial charge in [-0.15, -0.1) is 11.1 Å². The van der Waals surface area contributed by atoms with Gasteiger partial charge in [0.1, 0.15) is 0 Å². The van der Waals surface area contributed by atoms with Crippen molar-refractivity contribution in [3.63, 3.8) is 0 Å². The van der Waals surface area contributed by atoms with Crippen molar-refractivity contribution in [2.75, 3.05) is 0 Å². The molecule has 0 atom stereocenters. The summed E-state index contributed by atoms with van der Waals surface area (Å²) in [5, 5.41) is 0. The number of fused-ring (bicyclic) bond motifs is 3. The van der Waals surface area contributed by atoms with Crippen LogP contribution >= 0.6 is 0 Å². The van der Waals surface area contributed by atoms with Crippen molar-refractivity contribution in [3.05, 3.63) is 65.4 Å². The van der Waals surface area contributed by atoms with Gasteiger partial charge in [0, 0.05) is 0 Å². The molecule has 1 nitrogen and oxygen atoms in total. The van der Waals surface area contributed by atoms with E-state index in [0.717, 1.165) is 6.42 Å². The van der Waals surface area contributed by atoms with Crippen LogP contribution in [0.4, 0.5) is 0 Å². The van der Waals surface area contributed by atoms with E-state index in [1.54, 1.807) is 0 Å². The fraction of sp³-hybridized carbons (Fsp3) is 0.294. The smallest absolute Gasteiger partial charge is 1.00 e. The van der Waals surface area contributed by atoms with E-state index < -0.39 is 0 Å². The number of halogens is 2. The van der Waals surface area contributed by atoms with Crippen LogP contribution in [0.25, 0.3) is 16.9 Å². The molecule has 0 saturated heterocycles. The van der Waals surface area contributed by atoms with Crippen LogP contribution in [0.1, 0.15) is 31.9 Å². The Balaban J connectivity index is 0. The predicted octanol–water partition coefficient (Wildman–Crippen LogP) is -1.10. The third-order valence-corrected chi connectivity index (χ3v) is 2.62. The Morgan fingerprint density at radius 1 is 0.952 bits per heavy atom. The molecule has 0 saturated carbocycles. The van der Waals surface area contributed by atoms with E-state index in [9.17, 15) is 0 Å². The second kappa shape index (κ2) is 9.78. The van der Waals surface area contributed by atoms with Gasteiger partial charge in [0.05, 0.1) is 0 Å². The molecular weight excluding hydrogens is 468 g/mol. The van der Waals surface area contributed by atoms with E-state index in [-0.39, 0.29) is 56.2 Å². The normalized spacial score (nSPS) is 10.5. The first-order chi connectivity index (χ1) is 8.45. The molecule has 0 spiro atoms. The Labute approximate surface area is 159 Å². The van der Waals surface area contributed by atoms with Gasteiger partial charge in [0.15, 0.2) is 0 Å². The summed E-state index contributed by atoms with van der Waals surface area (Å²) in [6.45, 7) is 5.56. The average Bonchev–Trinajstić information content (AvgIpc) is 2.65. The van der Waals surface area contributed by atoms with Crippen LogP contribution in [0, 0.1) is 6.07 Å². The molecule has 0 amide bonds. The first-order valence-corrected chi connectivity index (χ1v) is 6.28. The maximum absolute atomic E-state index is 6.94. The van der Waals surface area contributed by atoms with Crippen LogP contribution in [0.2, 0.25) is 0 Å². The zero-order valence-electron chi connectivity index (χ0n) is 12.5.